The number of aryl methyl sites for hydroxylation is 2. The summed E-state index contributed by atoms with van der Waals surface area (Å²) in [5, 5.41) is 0.745. The third-order valence-electron chi connectivity index (χ3n) is 4.62. The Bertz CT molecular complexity index is 1030. The van der Waals surface area contributed by atoms with Gasteiger partial charge in [-0.25, -0.2) is 4.98 Å². The molecule has 2 aromatic carbocycles. The minimum Gasteiger partial charge on any atom is -0.497 e. The molecule has 0 unspecified atom stereocenters. The Kier molecular flexibility index (Phi) is 5.27. The quantitative estimate of drug-likeness (QED) is 0.470. The highest BCUT2D eigenvalue weighted by Crippen LogP contribution is 2.31. The first kappa shape index (κ1) is 18.2. The van der Waals surface area contributed by atoms with Gasteiger partial charge in [-0.15, -0.1) is 11.8 Å². The molecule has 1 aliphatic rings. The highest BCUT2D eigenvalue weighted by molar-refractivity contribution is 7.99. The molecule has 6 heteroatoms. The number of thioether (sulfide) groups is 2. The van der Waals surface area contributed by atoms with Crippen LogP contribution in [-0.2, 0) is 12.2 Å². The predicted octanol–water partition coefficient (Wildman–Crippen LogP) is 4.49. The third-order valence-corrected chi connectivity index (χ3v) is 6.71. The van der Waals surface area contributed by atoms with Gasteiger partial charge in [-0.2, -0.15) is 0 Å². The molecule has 4 nitrogen and oxygen atoms in total. The zero-order valence-corrected chi connectivity index (χ0v) is 16.9. The summed E-state index contributed by atoms with van der Waals surface area (Å²) in [6.07, 6.45) is 0.858. The fraction of sp³-hybridized carbons (Fsp3) is 0.238. The molecule has 4 rings (SSSR count). The van der Waals surface area contributed by atoms with Gasteiger partial charge in [0.05, 0.1) is 23.4 Å². The molecule has 0 aliphatic carbocycles. The minimum atomic E-state index is 0.0277. The topological polar surface area (TPSA) is 44.1 Å². The second kappa shape index (κ2) is 7.82. The van der Waals surface area contributed by atoms with Crippen LogP contribution in [0.4, 0.5) is 0 Å². The number of nitrogens with zero attached hydrogens (tertiary/aromatic N) is 2. The Morgan fingerprint density at radius 1 is 1.19 bits per heavy atom. The van der Waals surface area contributed by atoms with Gasteiger partial charge in [-0.1, -0.05) is 36.0 Å². The second-order valence-electron chi connectivity index (χ2n) is 6.32. The summed E-state index contributed by atoms with van der Waals surface area (Å²) in [6.45, 7) is 2.11. The zero-order chi connectivity index (χ0) is 18.8. The average molecular weight is 397 g/mol. The molecule has 0 atom stereocenters. The highest BCUT2D eigenvalue weighted by Gasteiger charge is 2.22. The molecular formula is C21H20N2O2S2. The fourth-order valence-electron chi connectivity index (χ4n) is 3.06. The lowest BCUT2D eigenvalue weighted by Crippen LogP contribution is -2.23. The molecule has 1 aliphatic heterocycles. The maximum absolute atomic E-state index is 13.2. The number of fused-ring (bicyclic) bond motifs is 1. The minimum absolute atomic E-state index is 0.0277. The Labute approximate surface area is 167 Å². The van der Waals surface area contributed by atoms with Crippen LogP contribution in [0.15, 0.2) is 63.4 Å². The second-order valence-corrected chi connectivity index (χ2v) is 8.37. The molecule has 2 heterocycles. The maximum Gasteiger partial charge on any atom is 0.272 e. The van der Waals surface area contributed by atoms with Crippen LogP contribution in [0.5, 0.6) is 5.75 Å². The standard InChI is InChI=1S/C21H20N2O2S2/c1-14-5-3-4-6-15(14)13-27-21-22-18-11-12-26-19(18)20(24)23(21)16-7-9-17(25-2)10-8-16/h3-10H,11-13H2,1-2H3. The van der Waals surface area contributed by atoms with Crippen LogP contribution in [0.25, 0.3) is 5.69 Å². The first-order chi connectivity index (χ1) is 13.2. The SMILES string of the molecule is COc1ccc(-n2c(SCc3ccccc3C)nc3c(c2=O)SCC3)cc1. The Balaban J connectivity index is 1.76. The van der Waals surface area contributed by atoms with E-state index in [2.05, 4.69) is 19.1 Å². The van der Waals surface area contributed by atoms with E-state index < -0.39 is 0 Å². The van der Waals surface area contributed by atoms with Crippen molar-refractivity contribution in [1.82, 2.24) is 9.55 Å². The third kappa shape index (κ3) is 3.64. The van der Waals surface area contributed by atoms with Gasteiger partial charge in [0.1, 0.15) is 5.75 Å². The van der Waals surface area contributed by atoms with Gasteiger partial charge in [0.2, 0.25) is 0 Å². The first-order valence-corrected chi connectivity index (χ1v) is 10.7. The largest absolute Gasteiger partial charge is 0.497 e. The van der Waals surface area contributed by atoms with Crippen molar-refractivity contribution >= 4 is 23.5 Å². The van der Waals surface area contributed by atoms with Gasteiger partial charge in [0.15, 0.2) is 5.16 Å². The number of rotatable bonds is 5. The van der Waals surface area contributed by atoms with E-state index >= 15 is 0 Å². The summed E-state index contributed by atoms with van der Waals surface area (Å²) >= 11 is 3.22. The molecule has 0 saturated carbocycles. The van der Waals surface area contributed by atoms with E-state index in [0.717, 1.165) is 45.1 Å². The van der Waals surface area contributed by atoms with Crippen LogP contribution in [0.2, 0.25) is 0 Å². The zero-order valence-electron chi connectivity index (χ0n) is 15.3. The summed E-state index contributed by atoms with van der Waals surface area (Å²) in [5.41, 5.74) is 4.28. The molecule has 0 N–H and O–H groups in total. The van der Waals surface area contributed by atoms with Crippen LogP contribution >= 0.6 is 23.5 Å². The van der Waals surface area contributed by atoms with Gasteiger partial charge in [-0.3, -0.25) is 9.36 Å². The normalized spacial score (nSPS) is 12.8. The lowest BCUT2D eigenvalue weighted by Gasteiger charge is -2.14. The summed E-state index contributed by atoms with van der Waals surface area (Å²) < 4.78 is 6.98. The monoisotopic (exact) mass is 396 g/mol. The Morgan fingerprint density at radius 3 is 2.70 bits per heavy atom. The fourth-order valence-corrected chi connectivity index (χ4v) is 5.19. The summed E-state index contributed by atoms with van der Waals surface area (Å²) in [5.74, 6) is 2.47. The molecule has 0 spiro atoms. The van der Waals surface area contributed by atoms with Gasteiger partial charge >= 0.3 is 0 Å². The molecular weight excluding hydrogens is 376 g/mol. The average Bonchev–Trinajstić information content (AvgIpc) is 3.17. The van der Waals surface area contributed by atoms with Crippen molar-refractivity contribution in [3.63, 3.8) is 0 Å². The molecule has 1 aromatic heterocycles. The smallest absolute Gasteiger partial charge is 0.272 e. The van der Waals surface area contributed by atoms with E-state index in [0.29, 0.717) is 0 Å². The van der Waals surface area contributed by atoms with E-state index in [-0.39, 0.29) is 5.56 Å². The molecule has 0 bridgehead atoms. The van der Waals surface area contributed by atoms with Gasteiger partial charge in [0, 0.05) is 17.9 Å². The number of benzene rings is 2. The van der Waals surface area contributed by atoms with Gasteiger partial charge < -0.3 is 4.74 Å². The molecule has 0 radical (unpaired) electrons. The molecule has 0 saturated heterocycles. The van der Waals surface area contributed by atoms with E-state index in [4.69, 9.17) is 9.72 Å². The number of hydrogen-bond donors (Lipinski definition) is 0. The summed E-state index contributed by atoms with van der Waals surface area (Å²) in [7, 11) is 1.64. The Hall–Kier alpha value is -2.18. The van der Waals surface area contributed by atoms with E-state index in [9.17, 15) is 4.79 Å². The number of ether oxygens (including phenoxy) is 1. The van der Waals surface area contributed by atoms with Gasteiger partial charge in [-0.05, 0) is 42.3 Å². The van der Waals surface area contributed by atoms with Crippen LogP contribution in [0, 0.1) is 6.92 Å². The molecule has 138 valence electrons. The highest BCUT2D eigenvalue weighted by atomic mass is 32.2. The van der Waals surface area contributed by atoms with Crippen LogP contribution < -0.4 is 10.3 Å². The van der Waals surface area contributed by atoms with E-state index in [1.807, 2.05) is 36.4 Å². The van der Waals surface area contributed by atoms with E-state index in [1.54, 1.807) is 35.2 Å². The number of hydrogen-bond acceptors (Lipinski definition) is 5. The lowest BCUT2D eigenvalue weighted by molar-refractivity contribution is 0.414. The van der Waals surface area contributed by atoms with Crippen LogP contribution in [0.1, 0.15) is 16.8 Å². The van der Waals surface area contributed by atoms with Gasteiger partial charge in [0.25, 0.3) is 5.56 Å². The molecule has 0 fully saturated rings. The van der Waals surface area contributed by atoms with Crippen molar-refractivity contribution in [2.45, 2.75) is 29.1 Å². The van der Waals surface area contributed by atoms with Crippen molar-refractivity contribution in [3.05, 3.63) is 75.7 Å². The number of aromatic nitrogens is 2. The number of methoxy groups -OCH3 is 1. The molecule has 3 aromatic rings. The predicted molar refractivity (Wildman–Crippen MR) is 112 cm³/mol. The summed E-state index contributed by atoms with van der Waals surface area (Å²) in [4.78, 5) is 18.8. The first-order valence-electron chi connectivity index (χ1n) is 8.78. The molecule has 27 heavy (non-hydrogen) atoms. The maximum atomic E-state index is 13.2. The summed E-state index contributed by atoms with van der Waals surface area (Å²) in [6, 6.07) is 15.9. The Morgan fingerprint density at radius 2 is 1.96 bits per heavy atom. The molecule has 0 amide bonds. The van der Waals surface area contributed by atoms with Crippen molar-refractivity contribution in [3.8, 4) is 11.4 Å². The van der Waals surface area contributed by atoms with Crippen LogP contribution in [0.3, 0.4) is 0 Å². The van der Waals surface area contributed by atoms with Crippen molar-refractivity contribution in [2.75, 3.05) is 12.9 Å². The van der Waals surface area contributed by atoms with E-state index in [1.165, 1.54) is 11.1 Å². The van der Waals surface area contributed by atoms with Crippen molar-refractivity contribution in [2.24, 2.45) is 0 Å². The van der Waals surface area contributed by atoms with Crippen molar-refractivity contribution < 1.29 is 4.74 Å². The van der Waals surface area contributed by atoms with Crippen molar-refractivity contribution in [1.29, 1.82) is 0 Å². The lowest BCUT2D eigenvalue weighted by atomic mass is 10.1. The van der Waals surface area contributed by atoms with Crippen LogP contribution in [-0.4, -0.2) is 22.4 Å².